The molecule has 1 aromatic heterocycles. The van der Waals surface area contributed by atoms with Gasteiger partial charge in [-0.05, 0) is 55.9 Å². The highest BCUT2D eigenvalue weighted by Gasteiger charge is 2.19. The van der Waals surface area contributed by atoms with Crippen LogP contribution in [0, 0.1) is 0 Å². The predicted octanol–water partition coefficient (Wildman–Crippen LogP) is 5.43. The molecule has 0 spiro atoms. The molecule has 0 saturated heterocycles. The largest absolute Gasteiger partial charge is 0.494 e. The maximum absolute atomic E-state index is 11.1. The normalized spacial score (nSPS) is 11.9. The van der Waals surface area contributed by atoms with Gasteiger partial charge in [0.25, 0.3) is 0 Å². The highest BCUT2D eigenvalue weighted by Crippen LogP contribution is 2.33. The quantitative estimate of drug-likeness (QED) is 0.296. The van der Waals surface area contributed by atoms with Gasteiger partial charge in [0.15, 0.2) is 5.88 Å². The van der Waals surface area contributed by atoms with Gasteiger partial charge in [-0.25, -0.2) is 4.99 Å². The molecule has 0 aliphatic carbocycles. The molecule has 3 N–H and O–H groups in total. The lowest BCUT2D eigenvalue weighted by molar-refractivity contribution is -0.136. The third kappa shape index (κ3) is 5.47. The molecule has 0 saturated carbocycles. The van der Waals surface area contributed by atoms with E-state index in [-0.39, 0.29) is 12.3 Å². The van der Waals surface area contributed by atoms with Crippen LogP contribution in [0.15, 0.2) is 71.7 Å². The van der Waals surface area contributed by atoms with Crippen molar-refractivity contribution in [1.29, 1.82) is 0 Å². The van der Waals surface area contributed by atoms with E-state index in [9.17, 15) is 9.90 Å². The average molecular weight is 476 g/mol. The number of nitrogens with one attached hydrogen (secondary N) is 1. The number of rotatable bonds is 8. The van der Waals surface area contributed by atoms with Crippen molar-refractivity contribution in [2.75, 3.05) is 20.6 Å². The second kappa shape index (κ2) is 10.1. The number of hydrogen-bond donors (Lipinski definition) is 3. The van der Waals surface area contributed by atoms with Crippen LogP contribution >= 0.6 is 11.6 Å². The van der Waals surface area contributed by atoms with E-state index in [1.807, 2.05) is 44.4 Å². The van der Waals surface area contributed by atoms with Gasteiger partial charge in [0, 0.05) is 22.5 Å². The third-order valence-electron chi connectivity index (χ3n) is 5.59. The van der Waals surface area contributed by atoms with Gasteiger partial charge >= 0.3 is 5.97 Å². The smallest absolute Gasteiger partial charge is 0.307 e. The number of aromatic amines is 1. The molecule has 0 fully saturated rings. The molecular formula is C27H26ClN3O3. The molecule has 174 valence electrons. The van der Waals surface area contributed by atoms with E-state index in [2.05, 4.69) is 22.0 Å². The number of nitrogens with zero attached hydrogens (tertiary/aromatic N) is 2. The van der Waals surface area contributed by atoms with Gasteiger partial charge < -0.3 is 20.1 Å². The molecule has 7 heteroatoms. The van der Waals surface area contributed by atoms with Crippen molar-refractivity contribution in [2.45, 2.75) is 12.8 Å². The van der Waals surface area contributed by atoms with Crippen LogP contribution in [0.5, 0.6) is 5.88 Å². The highest BCUT2D eigenvalue weighted by molar-refractivity contribution is 6.31. The summed E-state index contributed by atoms with van der Waals surface area (Å²) in [5, 5.41) is 21.2. The molecule has 0 aliphatic heterocycles. The Balaban J connectivity index is 1.79. The van der Waals surface area contributed by atoms with Crippen molar-refractivity contribution in [3.8, 4) is 5.88 Å². The number of H-pyrrole nitrogens is 1. The van der Waals surface area contributed by atoms with Crippen molar-refractivity contribution >= 4 is 39.9 Å². The Hall–Kier alpha value is -3.61. The number of likely N-dealkylation sites (N-methyl/N-ethyl adjacent to an activating group) is 1. The second-order valence-corrected chi connectivity index (χ2v) is 8.92. The number of hydrogen-bond acceptors (Lipinski definition) is 4. The number of aliphatic imine (C=N–C) groups is 1. The Morgan fingerprint density at radius 2 is 1.68 bits per heavy atom. The van der Waals surface area contributed by atoms with Crippen LogP contribution in [0.4, 0.5) is 5.69 Å². The Morgan fingerprint density at radius 3 is 2.32 bits per heavy atom. The predicted molar refractivity (Wildman–Crippen MR) is 137 cm³/mol. The first-order chi connectivity index (χ1) is 16.3. The number of halogens is 1. The van der Waals surface area contributed by atoms with Gasteiger partial charge in [-0.2, -0.15) is 0 Å². The van der Waals surface area contributed by atoms with Gasteiger partial charge in [-0.3, -0.25) is 4.79 Å². The lowest BCUT2D eigenvalue weighted by Crippen LogP contribution is -2.14. The van der Waals surface area contributed by atoms with E-state index < -0.39 is 5.97 Å². The van der Waals surface area contributed by atoms with Crippen LogP contribution in [-0.2, 0) is 17.6 Å². The van der Waals surface area contributed by atoms with E-state index in [1.54, 1.807) is 24.3 Å². The van der Waals surface area contributed by atoms with Crippen molar-refractivity contribution in [1.82, 2.24) is 9.88 Å². The standard InChI is InChI=1S/C27H26ClN3O3/c1-31(2)14-13-17-5-10-21(11-6-17)29-26(19-7-3-18(4-8-19)15-24(32)33)25-22-12-9-20(28)16-23(22)30-27(25)34/h3-12,16,30,34H,13-15H2,1-2H3,(H,32,33). The minimum absolute atomic E-state index is 0.00627. The zero-order valence-corrected chi connectivity index (χ0v) is 19.8. The van der Waals surface area contributed by atoms with Crippen molar-refractivity contribution in [3.63, 3.8) is 0 Å². The fraction of sp³-hybridized carbons (Fsp3) is 0.185. The summed E-state index contributed by atoms with van der Waals surface area (Å²) in [7, 11) is 4.10. The highest BCUT2D eigenvalue weighted by atomic mass is 35.5. The number of carboxylic acid groups (broad SMARTS) is 1. The minimum Gasteiger partial charge on any atom is -0.494 e. The summed E-state index contributed by atoms with van der Waals surface area (Å²) in [5.41, 5.74) is 5.27. The zero-order chi connectivity index (χ0) is 24.2. The summed E-state index contributed by atoms with van der Waals surface area (Å²) < 4.78 is 0. The summed E-state index contributed by atoms with van der Waals surface area (Å²) in [5.74, 6) is -0.893. The summed E-state index contributed by atoms with van der Waals surface area (Å²) >= 11 is 6.14. The molecule has 0 radical (unpaired) electrons. The molecule has 6 nitrogen and oxygen atoms in total. The fourth-order valence-corrected chi connectivity index (χ4v) is 4.01. The number of benzene rings is 3. The van der Waals surface area contributed by atoms with Crippen LogP contribution in [0.25, 0.3) is 10.9 Å². The number of aromatic hydroxyl groups is 1. The Labute approximate surface area is 203 Å². The third-order valence-corrected chi connectivity index (χ3v) is 5.82. The first-order valence-electron chi connectivity index (χ1n) is 10.9. The molecule has 0 aliphatic rings. The van der Waals surface area contributed by atoms with E-state index in [1.165, 1.54) is 5.56 Å². The number of carboxylic acids is 1. The molecule has 0 atom stereocenters. The van der Waals surface area contributed by atoms with Crippen LogP contribution in [-0.4, -0.2) is 52.4 Å². The molecule has 0 amide bonds. The maximum Gasteiger partial charge on any atom is 0.307 e. The Bertz CT molecular complexity index is 1340. The molecule has 0 bridgehead atoms. The van der Waals surface area contributed by atoms with E-state index in [0.29, 0.717) is 27.4 Å². The maximum atomic E-state index is 11.1. The van der Waals surface area contributed by atoms with Crippen molar-refractivity contribution in [2.24, 2.45) is 4.99 Å². The molecule has 1 heterocycles. The Kier molecular flexibility index (Phi) is 7.01. The van der Waals surface area contributed by atoms with Gasteiger partial charge in [0.1, 0.15) is 0 Å². The number of fused-ring (bicyclic) bond motifs is 1. The Morgan fingerprint density at radius 1 is 1.00 bits per heavy atom. The number of aromatic nitrogens is 1. The van der Waals surface area contributed by atoms with E-state index in [0.717, 1.165) is 29.6 Å². The molecule has 4 rings (SSSR count). The summed E-state index contributed by atoms with van der Waals surface area (Å²) in [6.45, 7) is 0.961. The topological polar surface area (TPSA) is 88.9 Å². The first kappa shape index (κ1) is 23.5. The van der Waals surface area contributed by atoms with E-state index >= 15 is 0 Å². The van der Waals surface area contributed by atoms with Crippen molar-refractivity contribution < 1.29 is 15.0 Å². The number of carbonyl (C=O) groups is 1. The lowest BCUT2D eigenvalue weighted by Gasteiger charge is -2.10. The zero-order valence-electron chi connectivity index (χ0n) is 19.0. The monoisotopic (exact) mass is 475 g/mol. The lowest BCUT2D eigenvalue weighted by atomic mass is 9.99. The molecule has 0 unspecified atom stereocenters. The first-order valence-corrected chi connectivity index (χ1v) is 11.3. The van der Waals surface area contributed by atoms with Crippen LogP contribution < -0.4 is 0 Å². The molecule has 34 heavy (non-hydrogen) atoms. The summed E-state index contributed by atoms with van der Waals surface area (Å²) in [4.78, 5) is 21.1. The van der Waals surface area contributed by atoms with Crippen LogP contribution in [0.1, 0.15) is 22.3 Å². The average Bonchev–Trinajstić information content (AvgIpc) is 3.11. The fourth-order valence-electron chi connectivity index (χ4n) is 3.83. The van der Waals surface area contributed by atoms with Gasteiger partial charge in [0.2, 0.25) is 0 Å². The van der Waals surface area contributed by atoms with E-state index in [4.69, 9.17) is 21.7 Å². The molecular weight excluding hydrogens is 450 g/mol. The SMILES string of the molecule is CN(C)CCc1ccc(N=C(c2ccc(CC(=O)O)cc2)c2c(O)[nH]c3cc(Cl)ccc23)cc1. The van der Waals surface area contributed by atoms with Crippen LogP contribution in [0.2, 0.25) is 5.02 Å². The molecule has 4 aromatic rings. The van der Waals surface area contributed by atoms with Gasteiger partial charge in [-0.15, -0.1) is 0 Å². The number of aliphatic carboxylic acids is 1. The minimum atomic E-state index is -0.887. The van der Waals surface area contributed by atoms with Crippen LogP contribution in [0.3, 0.4) is 0 Å². The second-order valence-electron chi connectivity index (χ2n) is 8.49. The molecule has 3 aromatic carbocycles. The van der Waals surface area contributed by atoms with Gasteiger partial charge in [-0.1, -0.05) is 54.1 Å². The summed E-state index contributed by atoms with van der Waals surface area (Å²) in [6.07, 6.45) is 0.886. The summed E-state index contributed by atoms with van der Waals surface area (Å²) in [6, 6.07) is 20.6. The van der Waals surface area contributed by atoms with Gasteiger partial charge in [0.05, 0.1) is 28.9 Å². The van der Waals surface area contributed by atoms with Crippen molar-refractivity contribution in [3.05, 3.63) is 94.0 Å².